The minimum atomic E-state index is 0.0882. The number of rotatable bonds is 3. The largest absolute Gasteiger partial charge is 0.507 e. The molecule has 0 aliphatic heterocycles. The number of aryl methyl sites for hydroxylation is 1. The van der Waals surface area contributed by atoms with Crippen LogP contribution in [0.15, 0.2) is 47.5 Å². The molecule has 3 rings (SSSR count). The van der Waals surface area contributed by atoms with Crippen molar-refractivity contribution in [1.29, 1.82) is 0 Å². The van der Waals surface area contributed by atoms with Gasteiger partial charge in [-0.3, -0.25) is 0 Å². The zero-order valence-corrected chi connectivity index (χ0v) is 12.7. The van der Waals surface area contributed by atoms with E-state index in [-0.39, 0.29) is 5.75 Å². The predicted octanol–water partition coefficient (Wildman–Crippen LogP) is 3.55. The SMILES string of the molecule is Cc1ccc(/C=N/c2nnc(-c3ccc(N)cc3O)s2)cc1. The molecule has 0 aliphatic carbocycles. The van der Waals surface area contributed by atoms with Gasteiger partial charge in [0.25, 0.3) is 0 Å². The van der Waals surface area contributed by atoms with Crippen molar-refractivity contribution in [3.8, 4) is 16.3 Å². The van der Waals surface area contributed by atoms with Crippen LogP contribution in [-0.2, 0) is 0 Å². The molecule has 1 heterocycles. The maximum Gasteiger partial charge on any atom is 0.231 e. The second-order valence-corrected chi connectivity index (χ2v) is 5.79. The Morgan fingerprint density at radius 2 is 1.91 bits per heavy atom. The van der Waals surface area contributed by atoms with Crippen molar-refractivity contribution >= 4 is 28.4 Å². The Bertz CT molecular complexity index is 824. The number of benzene rings is 2. The zero-order valence-electron chi connectivity index (χ0n) is 11.9. The molecule has 110 valence electrons. The number of aromatic hydroxyl groups is 1. The third kappa shape index (κ3) is 3.12. The second-order valence-electron chi connectivity index (χ2n) is 4.84. The van der Waals surface area contributed by atoms with E-state index < -0.39 is 0 Å². The summed E-state index contributed by atoms with van der Waals surface area (Å²) in [6.45, 7) is 2.04. The Labute approximate surface area is 131 Å². The van der Waals surface area contributed by atoms with E-state index in [1.165, 1.54) is 23.0 Å². The van der Waals surface area contributed by atoms with E-state index in [1.807, 2.05) is 31.2 Å². The molecule has 0 saturated carbocycles. The number of nitrogens with two attached hydrogens (primary N) is 1. The van der Waals surface area contributed by atoms with Crippen molar-refractivity contribution < 1.29 is 5.11 Å². The number of hydrogen-bond acceptors (Lipinski definition) is 6. The van der Waals surface area contributed by atoms with Crippen molar-refractivity contribution in [2.24, 2.45) is 4.99 Å². The molecule has 0 atom stereocenters. The second kappa shape index (κ2) is 5.95. The first-order valence-electron chi connectivity index (χ1n) is 6.65. The van der Waals surface area contributed by atoms with Crippen LogP contribution >= 0.6 is 11.3 Å². The van der Waals surface area contributed by atoms with Crippen LogP contribution in [0.3, 0.4) is 0 Å². The molecule has 0 bridgehead atoms. The van der Waals surface area contributed by atoms with Gasteiger partial charge in [-0.1, -0.05) is 41.2 Å². The molecule has 0 fully saturated rings. The lowest BCUT2D eigenvalue weighted by Crippen LogP contribution is -1.85. The van der Waals surface area contributed by atoms with E-state index in [4.69, 9.17) is 5.73 Å². The van der Waals surface area contributed by atoms with Crippen molar-refractivity contribution in [2.45, 2.75) is 6.92 Å². The summed E-state index contributed by atoms with van der Waals surface area (Å²) in [6, 6.07) is 13.0. The molecule has 3 aromatic rings. The summed E-state index contributed by atoms with van der Waals surface area (Å²) < 4.78 is 0. The Morgan fingerprint density at radius 3 is 2.64 bits per heavy atom. The lowest BCUT2D eigenvalue weighted by Gasteiger charge is -2.00. The normalized spacial score (nSPS) is 11.1. The molecule has 0 radical (unpaired) electrons. The van der Waals surface area contributed by atoms with E-state index in [0.717, 1.165) is 5.56 Å². The summed E-state index contributed by atoms with van der Waals surface area (Å²) in [4.78, 5) is 4.31. The Hall–Kier alpha value is -2.73. The molecule has 0 unspecified atom stereocenters. The van der Waals surface area contributed by atoms with Crippen molar-refractivity contribution in [3.63, 3.8) is 0 Å². The molecule has 6 heteroatoms. The molecule has 3 N–H and O–H groups in total. The zero-order chi connectivity index (χ0) is 15.5. The van der Waals surface area contributed by atoms with Gasteiger partial charge in [0.2, 0.25) is 5.13 Å². The highest BCUT2D eigenvalue weighted by molar-refractivity contribution is 7.18. The lowest BCUT2D eigenvalue weighted by molar-refractivity contribution is 0.477. The smallest absolute Gasteiger partial charge is 0.231 e. The van der Waals surface area contributed by atoms with Gasteiger partial charge in [-0.2, -0.15) is 0 Å². The van der Waals surface area contributed by atoms with E-state index in [2.05, 4.69) is 15.2 Å². The molecule has 0 aliphatic rings. The third-order valence-electron chi connectivity index (χ3n) is 3.07. The average Bonchev–Trinajstić information content (AvgIpc) is 2.95. The van der Waals surface area contributed by atoms with Crippen molar-refractivity contribution in [1.82, 2.24) is 10.2 Å². The summed E-state index contributed by atoms with van der Waals surface area (Å²) in [5.41, 5.74) is 8.92. The molecule has 0 spiro atoms. The molecular weight excluding hydrogens is 296 g/mol. The Morgan fingerprint density at radius 1 is 1.14 bits per heavy atom. The number of phenols is 1. The minimum absolute atomic E-state index is 0.0882. The van der Waals surface area contributed by atoms with Crippen LogP contribution in [0.25, 0.3) is 10.6 Å². The molecule has 22 heavy (non-hydrogen) atoms. The Kier molecular flexibility index (Phi) is 3.84. The van der Waals surface area contributed by atoms with Crippen LogP contribution in [0.5, 0.6) is 5.75 Å². The fourth-order valence-electron chi connectivity index (χ4n) is 1.89. The van der Waals surface area contributed by atoms with Crippen LogP contribution in [0, 0.1) is 6.92 Å². The van der Waals surface area contributed by atoms with Crippen LogP contribution in [0.4, 0.5) is 10.8 Å². The Balaban J connectivity index is 1.83. The summed E-state index contributed by atoms with van der Waals surface area (Å²) >= 11 is 1.31. The molecule has 1 aromatic heterocycles. The highest BCUT2D eigenvalue weighted by atomic mass is 32.1. The number of anilines is 1. The maximum absolute atomic E-state index is 9.91. The molecule has 5 nitrogen and oxygen atoms in total. The molecule has 0 amide bonds. The summed E-state index contributed by atoms with van der Waals surface area (Å²) in [6.07, 6.45) is 1.74. The number of phenolic OH excluding ortho intramolecular Hbond substituents is 1. The number of nitrogens with zero attached hydrogens (tertiary/aromatic N) is 3. The maximum atomic E-state index is 9.91. The van der Waals surface area contributed by atoms with E-state index >= 15 is 0 Å². The summed E-state index contributed by atoms with van der Waals surface area (Å²) in [5, 5.41) is 19.1. The summed E-state index contributed by atoms with van der Waals surface area (Å²) in [7, 11) is 0. The van der Waals surface area contributed by atoms with Crippen molar-refractivity contribution in [2.75, 3.05) is 5.73 Å². The number of hydrogen-bond donors (Lipinski definition) is 2. The van der Waals surface area contributed by atoms with Gasteiger partial charge in [0.15, 0.2) is 5.01 Å². The van der Waals surface area contributed by atoms with Crippen LogP contribution in [0.1, 0.15) is 11.1 Å². The monoisotopic (exact) mass is 310 g/mol. The first-order chi connectivity index (χ1) is 10.6. The van der Waals surface area contributed by atoms with Crippen LogP contribution in [0.2, 0.25) is 0 Å². The van der Waals surface area contributed by atoms with Gasteiger partial charge in [0, 0.05) is 18.0 Å². The number of aliphatic imine (C=N–C) groups is 1. The predicted molar refractivity (Wildman–Crippen MR) is 89.9 cm³/mol. The van der Waals surface area contributed by atoms with E-state index in [1.54, 1.807) is 18.3 Å². The fraction of sp³-hybridized carbons (Fsp3) is 0.0625. The summed E-state index contributed by atoms with van der Waals surface area (Å²) in [5.74, 6) is 0.0882. The van der Waals surface area contributed by atoms with Crippen molar-refractivity contribution in [3.05, 3.63) is 53.6 Å². The quantitative estimate of drug-likeness (QED) is 0.572. The van der Waals surface area contributed by atoms with Gasteiger partial charge in [-0.05, 0) is 24.6 Å². The van der Waals surface area contributed by atoms with Gasteiger partial charge in [0.1, 0.15) is 5.75 Å². The van der Waals surface area contributed by atoms with Crippen LogP contribution in [-0.4, -0.2) is 21.5 Å². The van der Waals surface area contributed by atoms with Gasteiger partial charge < -0.3 is 10.8 Å². The third-order valence-corrected chi connectivity index (χ3v) is 3.93. The van der Waals surface area contributed by atoms with Gasteiger partial charge >= 0.3 is 0 Å². The lowest BCUT2D eigenvalue weighted by atomic mass is 10.2. The van der Waals surface area contributed by atoms with Crippen LogP contribution < -0.4 is 5.73 Å². The van der Waals surface area contributed by atoms with Gasteiger partial charge in [-0.25, -0.2) is 4.99 Å². The highest BCUT2D eigenvalue weighted by Crippen LogP contribution is 2.34. The van der Waals surface area contributed by atoms with E-state index in [0.29, 0.717) is 21.4 Å². The first kappa shape index (κ1) is 14.2. The first-order valence-corrected chi connectivity index (χ1v) is 7.46. The fourth-order valence-corrected chi connectivity index (χ4v) is 2.61. The highest BCUT2D eigenvalue weighted by Gasteiger charge is 2.10. The number of nitrogen functional groups attached to an aromatic ring is 1. The number of aromatic nitrogens is 2. The molecule has 2 aromatic carbocycles. The molecule has 0 saturated heterocycles. The van der Waals surface area contributed by atoms with Gasteiger partial charge in [-0.15, -0.1) is 10.2 Å². The topological polar surface area (TPSA) is 84.4 Å². The van der Waals surface area contributed by atoms with E-state index in [9.17, 15) is 5.11 Å². The minimum Gasteiger partial charge on any atom is -0.507 e. The average molecular weight is 310 g/mol. The standard InChI is InChI=1S/C16H14N4OS/c1-10-2-4-11(5-3-10)9-18-16-20-19-15(22-16)13-7-6-12(17)8-14(13)21/h2-9,21H,17H2,1H3/b18-9+. The molecular formula is C16H14N4OS. The van der Waals surface area contributed by atoms with Gasteiger partial charge in [0.05, 0.1) is 5.56 Å².